The number of rotatable bonds is 2. The van der Waals surface area contributed by atoms with Crippen LogP contribution in [0.3, 0.4) is 0 Å². The quantitative estimate of drug-likeness (QED) is 0.757. The molecule has 0 aliphatic carbocycles. The van der Waals surface area contributed by atoms with Gasteiger partial charge in [0.1, 0.15) is 17.7 Å². The number of hydrogen-bond donors (Lipinski definition) is 0. The Hall–Kier alpha value is -1.38. The van der Waals surface area contributed by atoms with E-state index in [0.29, 0.717) is 0 Å². The van der Waals surface area contributed by atoms with Gasteiger partial charge in [0.15, 0.2) is 11.0 Å². The number of pyridine rings is 1. The molecule has 0 bridgehead atoms. The van der Waals surface area contributed by atoms with Gasteiger partial charge >= 0.3 is 0 Å². The number of likely N-dealkylation sites (tertiary alicyclic amines) is 1. The third-order valence-corrected chi connectivity index (χ3v) is 2.91. The molecule has 90 valence electrons. The summed E-state index contributed by atoms with van der Waals surface area (Å²) in [4.78, 5) is 5.87. The molecule has 0 N–H and O–H groups in total. The van der Waals surface area contributed by atoms with Gasteiger partial charge in [0.2, 0.25) is 5.88 Å². The third kappa shape index (κ3) is 2.65. The van der Waals surface area contributed by atoms with Crippen LogP contribution in [0.15, 0.2) is 6.07 Å². The molecule has 0 radical (unpaired) electrons. The molecule has 1 atom stereocenters. The molecule has 0 amide bonds. The van der Waals surface area contributed by atoms with Gasteiger partial charge in [-0.25, -0.2) is 4.39 Å². The number of halogens is 2. The van der Waals surface area contributed by atoms with Crippen molar-refractivity contribution in [2.45, 2.75) is 12.5 Å². The van der Waals surface area contributed by atoms with Crippen LogP contribution in [0, 0.1) is 17.1 Å². The minimum atomic E-state index is -0.709. The second-order valence-corrected chi connectivity index (χ2v) is 4.37. The maximum Gasteiger partial charge on any atom is 0.233 e. The Morgan fingerprint density at radius 2 is 2.47 bits per heavy atom. The van der Waals surface area contributed by atoms with Crippen LogP contribution >= 0.6 is 11.6 Å². The average Bonchev–Trinajstić information content (AvgIpc) is 2.69. The van der Waals surface area contributed by atoms with Crippen molar-refractivity contribution in [1.29, 1.82) is 5.26 Å². The lowest BCUT2D eigenvalue weighted by atomic mass is 10.3. The summed E-state index contributed by atoms with van der Waals surface area (Å²) in [6, 6.07) is 2.89. The molecule has 2 heterocycles. The predicted molar refractivity (Wildman–Crippen MR) is 60.5 cm³/mol. The first kappa shape index (κ1) is 12.1. The Morgan fingerprint density at radius 3 is 3.06 bits per heavy atom. The normalized spacial score (nSPS) is 20.2. The summed E-state index contributed by atoms with van der Waals surface area (Å²) in [6.07, 6.45) is 0.832. The van der Waals surface area contributed by atoms with E-state index in [-0.39, 0.29) is 22.7 Å². The first-order valence-electron chi connectivity index (χ1n) is 5.21. The van der Waals surface area contributed by atoms with Crippen LogP contribution in [-0.2, 0) is 0 Å². The van der Waals surface area contributed by atoms with E-state index in [1.807, 2.05) is 13.1 Å². The van der Waals surface area contributed by atoms with E-state index in [9.17, 15) is 4.39 Å². The molecule has 1 aliphatic rings. The molecule has 1 aromatic heterocycles. The molecule has 0 saturated carbocycles. The number of ether oxygens (including phenoxy) is 1. The number of nitriles is 1. The first-order valence-corrected chi connectivity index (χ1v) is 5.59. The van der Waals surface area contributed by atoms with Crippen LogP contribution < -0.4 is 4.74 Å². The highest BCUT2D eigenvalue weighted by atomic mass is 35.5. The number of nitrogens with zero attached hydrogens (tertiary/aromatic N) is 3. The zero-order valence-electron chi connectivity index (χ0n) is 9.28. The van der Waals surface area contributed by atoms with Crippen molar-refractivity contribution in [1.82, 2.24) is 9.88 Å². The summed E-state index contributed by atoms with van der Waals surface area (Å²) >= 11 is 5.57. The Morgan fingerprint density at radius 1 is 1.71 bits per heavy atom. The van der Waals surface area contributed by atoms with Gasteiger partial charge < -0.3 is 9.64 Å². The largest absolute Gasteiger partial charge is 0.472 e. The van der Waals surface area contributed by atoms with Gasteiger partial charge in [-0.1, -0.05) is 11.6 Å². The maximum atomic E-state index is 13.1. The molecule has 4 nitrogen and oxygen atoms in total. The number of likely N-dealkylation sites (N-methyl/N-ethyl adjacent to an activating group) is 1. The summed E-state index contributed by atoms with van der Waals surface area (Å²) in [5, 5.41) is 8.60. The van der Waals surface area contributed by atoms with Crippen molar-refractivity contribution in [2.24, 2.45) is 0 Å². The Balaban J connectivity index is 2.20. The topological polar surface area (TPSA) is 49.1 Å². The Bertz CT molecular complexity index is 475. The van der Waals surface area contributed by atoms with Gasteiger partial charge in [-0.05, 0) is 13.5 Å². The Labute approximate surface area is 104 Å². The second-order valence-electron chi connectivity index (χ2n) is 4.02. The van der Waals surface area contributed by atoms with Crippen molar-refractivity contribution in [2.75, 3.05) is 20.1 Å². The van der Waals surface area contributed by atoms with Crippen molar-refractivity contribution >= 4 is 11.6 Å². The molecule has 1 saturated heterocycles. The fraction of sp³-hybridized carbons (Fsp3) is 0.455. The van der Waals surface area contributed by atoms with E-state index in [0.717, 1.165) is 25.6 Å². The molecular weight excluding hydrogens is 245 g/mol. The lowest BCUT2D eigenvalue weighted by Gasteiger charge is -2.14. The fourth-order valence-electron chi connectivity index (χ4n) is 1.77. The summed E-state index contributed by atoms with van der Waals surface area (Å²) < 4.78 is 18.7. The van der Waals surface area contributed by atoms with Gasteiger partial charge in [0.25, 0.3) is 0 Å². The van der Waals surface area contributed by atoms with Crippen LogP contribution in [0.1, 0.15) is 12.0 Å². The second kappa shape index (κ2) is 4.86. The lowest BCUT2D eigenvalue weighted by Crippen LogP contribution is -2.22. The maximum absolute atomic E-state index is 13.1. The molecule has 2 rings (SSSR count). The molecule has 0 spiro atoms. The van der Waals surface area contributed by atoms with Crippen molar-refractivity contribution in [3.63, 3.8) is 0 Å². The van der Waals surface area contributed by atoms with E-state index in [1.165, 1.54) is 0 Å². The summed E-state index contributed by atoms with van der Waals surface area (Å²) in [5.41, 5.74) is 0.0708. The highest BCUT2D eigenvalue weighted by Gasteiger charge is 2.23. The number of hydrogen-bond acceptors (Lipinski definition) is 4. The first-order chi connectivity index (χ1) is 8.10. The summed E-state index contributed by atoms with van der Waals surface area (Å²) in [5.74, 6) is -0.599. The zero-order valence-corrected chi connectivity index (χ0v) is 10.0. The van der Waals surface area contributed by atoms with Crippen molar-refractivity contribution in [3.8, 4) is 11.9 Å². The van der Waals surface area contributed by atoms with E-state index < -0.39 is 5.82 Å². The van der Waals surface area contributed by atoms with Crippen LogP contribution in [0.5, 0.6) is 5.88 Å². The SMILES string of the molecule is CN1CCC(Oc2nc(Cl)c(F)cc2C#N)C1. The van der Waals surface area contributed by atoms with Gasteiger partial charge in [0, 0.05) is 19.2 Å². The smallest absolute Gasteiger partial charge is 0.233 e. The van der Waals surface area contributed by atoms with Gasteiger partial charge in [-0.2, -0.15) is 10.2 Å². The van der Waals surface area contributed by atoms with Crippen LogP contribution in [0.4, 0.5) is 4.39 Å². The minimum Gasteiger partial charge on any atom is -0.472 e. The molecule has 17 heavy (non-hydrogen) atoms. The monoisotopic (exact) mass is 255 g/mol. The van der Waals surface area contributed by atoms with E-state index in [2.05, 4.69) is 9.88 Å². The predicted octanol–water partition coefficient (Wildman–Crippen LogP) is 1.83. The summed E-state index contributed by atoms with van der Waals surface area (Å²) in [6.45, 7) is 1.70. The molecule has 1 aromatic rings. The van der Waals surface area contributed by atoms with Gasteiger partial charge in [-0.3, -0.25) is 0 Å². The zero-order chi connectivity index (χ0) is 12.4. The highest BCUT2D eigenvalue weighted by Crippen LogP contribution is 2.24. The Kier molecular flexibility index (Phi) is 3.46. The average molecular weight is 256 g/mol. The molecule has 1 unspecified atom stereocenters. The molecule has 1 aliphatic heterocycles. The molecule has 0 aromatic carbocycles. The van der Waals surface area contributed by atoms with Crippen LogP contribution in [0.25, 0.3) is 0 Å². The highest BCUT2D eigenvalue weighted by molar-refractivity contribution is 6.29. The minimum absolute atomic E-state index is 0.0267. The molecule has 1 fully saturated rings. The van der Waals surface area contributed by atoms with Gasteiger partial charge in [-0.15, -0.1) is 0 Å². The standard InChI is InChI=1S/C11H11ClFN3O/c1-16-3-2-8(6-16)17-11-7(5-14)4-9(13)10(12)15-11/h4,8H,2-3,6H2,1H3. The van der Waals surface area contributed by atoms with Crippen molar-refractivity contribution < 1.29 is 9.13 Å². The lowest BCUT2D eigenvalue weighted by molar-refractivity contribution is 0.199. The van der Waals surface area contributed by atoms with Crippen LogP contribution in [-0.4, -0.2) is 36.1 Å². The van der Waals surface area contributed by atoms with E-state index >= 15 is 0 Å². The van der Waals surface area contributed by atoms with E-state index in [1.54, 1.807) is 0 Å². The third-order valence-electron chi connectivity index (χ3n) is 2.65. The van der Waals surface area contributed by atoms with Crippen molar-refractivity contribution in [3.05, 3.63) is 22.6 Å². The fourth-order valence-corrected chi connectivity index (χ4v) is 1.90. The summed E-state index contributed by atoms with van der Waals surface area (Å²) in [7, 11) is 1.99. The van der Waals surface area contributed by atoms with E-state index in [4.69, 9.17) is 21.6 Å². The number of aromatic nitrogens is 1. The molecule has 6 heteroatoms. The van der Waals surface area contributed by atoms with Crippen LogP contribution in [0.2, 0.25) is 5.15 Å². The molecular formula is C11H11ClFN3O. The van der Waals surface area contributed by atoms with Gasteiger partial charge in [0.05, 0.1) is 0 Å².